The molecule has 1 saturated heterocycles. The molecule has 0 spiro atoms. The monoisotopic (exact) mass is 724 g/mol. The van der Waals surface area contributed by atoms with Crippen LogP contribution in [0.15, 0.2) is 77.5 Å². The number of nitrogens with one attached hydrogen (secondary N) is 1. The molecule has 3 aliphatic heterocycles. The Morgan fingerprint density at radius 1 is 1.14 bits per heavy atom. The highest BCUT2D eigenvalue weighted by Gasteiger charge is 2.36. The van der Waals surface area contributed by atoms with Gasteiger partial charge in [0.25, 0.3) is 0 Å². The number of likely N-dealkylation sites (N-methyl/N-ethyl adjacent to an activating group) is 1. The van der Waals surface area contributed by atoms with Gasteiger partial charge < -0.3 is 25.8 Å². The van der Waals surface area contributed by atoms with Gasteiger partial charge in [-0.15, -0.1) is 0 Å². The zero-order valence-corrected chi connectivity index (χ0v) is 30.2. The van der Waals surface area contributed by atoms with Gasteiger partial charge in [0.2, 0.25) is 5.91 Å². The number of urea groups is 1. The van der Waals surface area contributed by atoms with Crippen molar-refractivity contribution in [1.29, 1.82) is 0 Å². The number of fused-ring (bicyclic) bond motifs is 1. The van der Waals surface area contributed by atoms with Crippen molar-refractivity contribution in [2.45, 2.75) is 77.4 Å². The molecule has 0 radical (unpaired) electrons. The molecule has 1 unspecified atom stereocenters. The largest absolute Gasteiger partial charge is 0.418 e. The van der Waals surface area contributed by atoms with E-state index in [-0.39, 0.29) is 35.8 Å². The van der Waals surface area contributed by atoms with E-state index in [9.17, 15) is 22.8 Å². The molecule has 0 saturated carbocycles. The highest BCUT2D eigenvalue weighted by atomic mass is 35.5. The number of amidine groups is 1. The smallest absolute Gasteiger partial charge is 0.397 e. The molecule has 12 heteroatoms. The van der Waals surface area contributed by atoms with E-state index in [4.69, 9.17) is 22.3 Å². The topological polar surface area (TPSA) is 94.3 Å². The van der Waals surface area contributed by atoms with Gasteiger partial charge >= 0.3 is 12.2 Å². The number of carbonyl (C=O) groups is 2. The normalized spacial score (nSPS) is 19.8. The number of nitrogens with zero attached hydrogens (tertiary/aromatic N) is 4. The third-order valence-corrected chi connectivity index (χ3v) is 10.3. The minimum Gasteiger partial charge on any atom is -0.397 e. The maximum Gasteiger partial charge on any atom is 0.418 e. The molecule has 0 aromatic heterocycles. The number of hydrogen-bond acceptors (Lipinski definition) is 5. The Morgan fingerprint density at radius 3 is 2.59 bits per heavy atom. The van der Waals surface area contributed by atoms with Crippen molar-refractivity contribution in [2.24, 2.45) is 10.9 Å². The van der Waals surface area contributed by atoms with E-state index >= 15 is 0 Å². The molecule has 0 bridgehead atoms. The van der Waals surface area contributed by atoms with Gasteiger partial charge in [-0.25, -0.2) is 4.79 Å². The number of benzene rings is 2. The lowest BCUT2D eigenvalue weighted by Crippen LogP contribution is -2.50. The Bertz CT molecular complexity index is 1700. The molecule has 3 heterocycles. The summed E-state index contributed by atoms with van der Waals surface area (Å²) in [5.41, 5.74) is 8.28. The summed E-state index contributed by atoms with van der Waals surface area (Å²) in [6.07, 6.45) is 6.40. The predicted octanol–water partition coefficient (Wildman–Crippen LogP) is 8.49. The second kappa shape index (κ2) is 16.8. The molecule has 51 heavy (non-hydrogen) atoms. The summed E-state index contributed by atoms with van der Waals surface area (Å²) in [6.45, 7) is 10.8. The Kier molecular flexibility index (Phi) is 12.5. The quantitative estimate of drug-likeness (QED) is 0.241. The fourth-order valence-corrected chi connectivity index (χ4v) is 7.44. The minimum atomic E-state index is -4.70. The first kappa shape index (κ1) is 38.0. The van der Waals surface area contributed by atoms with Crippen LogP contribution in [-0.4, -0.2) is 71.2 Å². The van der Waals surface area contributed by atoms with E-state index in [1.807, 2.05) is 53.1 Å². The molecule has 8 nitrogen and oxygen atoms in total. The van der Waals surface area contributed by atoms with Crippen LogP contribution in [0, 0.1) is 5.92 Å². The SMILES string of the molecule is C=C1/C=C\C(CCCC)=C/CN=C(C(CC(=O)N2CCC(N3CCc4ccccc4NC3=O)CC2)Cc2cc(Cl)c(N)c(C(F)(F)F)c2)N1CC. The molecular formula is C39H48ClF3N6O2. The van der Waals surface area contributed by atoms with Crippen molar-refractivity contribution in [1.82, 2.24) is 14.7 Å². The number of rotatable bonds is 10. The number of nitrogen functional groups attached to an aromatic ring is 1. The Hall–Kier alpha value is -4.25. The van der Waals surface area contributed by atoms with E-state index in [0.717, 1.165) is 48.6 Å². The molecule has 3 aliphatic rings. The fourth-order valence-electron chi connectivity index (χ4n) is 7.20. The highest BCUT2D eigenvalue weighted by Crippen LogP contribution is 2.39. The van der Waals surface area contributed by atoms with Crippen molar-refractivity contribution in [3.63, 3.8) is 0 Å². The summed E-state index contributed by atoms with van der Waals surface area (Å²) in [7, 11) is 0. The lowest BCUT2D eigenvalue weighted by atomic mass is 9.91. The second-order valence-corrected chi connectivity index (χ2v) is 13.8. The van der Waals surface area contributed by atoms with Gasteiger partial charge in [0.15, 0.2) is 0 Å². The van der Waals surface area contributed by atoms with Crippen LogP contribution in [0.4, 0.5) is 29.3 Å². The Balaban J connectivity index is 1.38. The number of alkyl halides is 3. The summed E-state index contributed by atoms with van der Waals surface area (Å²) in [5, 5.41) is 2.85. The Labute approximate surface area is 303 Å². The molecule has 2 aromatic rings. The van der Waals surface area contributed by atoms with Gasteiger partial charge in [-0.1, -0.05) is 67.4 Å². The summed E-state index contributed by atoms with van der Waals surface area (Å²) in [4.78, 5) is 37.9. The van der Waals surface area contributed by atoms with E-state index in [1.54, 1.807) is 4.90 Å². The van der Waals surface area contributed by atoms with Crippen molar-refractivity contribution < 1.29 is 22.8 Å². The standard InChI is InChI=1S/C39H48ClF3N6O2/c1-4-6-9-27-13-12-26(3)48(5-2)37(45-18-14-27)30(22-28-23-32(39(41,42)43)36(44)33(40)24-28)25-35(50)47-19-16-31(17-20-47)49-21-15-29-10-7-8-11-34(29)46-38(49)51/h7-8,10-14,23-24,30-31H,3-6,9,15-22,25,44H2,1-2H3,(H,46,51)/b13-12-,27-14-,45-37?. The number of para-hydroxylation sites is 1. The summed E-state index contributed by atoms with van der Waals surface area (Å²) in [6, 6.07) is 10.1. The number of unbranched alkanes of at least 4 members (excludes halogenated alkanes) is 1. The first-order valence-corrected chi connectivity index (χ1v) is 18.2. The van der Waals surface area contributed by atoms with Crippen LogP contribution >= 0.6 is 11.6 Å². The summed E-state index contributed by atoms with van der Waals surface area (Å²) < 4.78 is 42.0. The lowest BCUT2D eigenvalue weighted by molar-refractivity contribution is -0.137. The maximum atomic E-state index is 14.1. The first-order valence-electron chi connectivity index (χ1n) is 17.9. The van der Waals surface area contributed by atoms with Gasteiger partial charge in [0, 0.05) is 55.9 Å². The molecule has 274 valence electrons. The van der Waals surface area contributed by atoms with Gasteiger partial charge in [0.1, 0.15) is 5.84 Å². The van der Waals surface area contributed by atoms with Crippen LogP contribution in [0.5, 0.6) is 0 Å². The predicted molar refractivity (Wildman–Crippen MR) is 199 cm³/mol. The van der Waals surface area contributed by atoms with Crippen LogP contribution in [0.2, 0.25) is 5.02 Å². The molecule has 5 rings (SSSR count). The molecule has 1 fully saturated rings. The van der Waals surface area contributed by atoms with Gasteiger partial charge in [-0.3, -0.25) is 9.79 Å². The number of allylic oxidation sites excluding steroid dienone is 3. The number of halogens is 4. The number of piperidine rings is 1. The number of amides is 3. The van der Waals surface area contributed by atoms with E-state index in [1.165, 1.54) is 6.07 Å². The summed E-state index contributed by atoms with van der Waals surface area (Å²) in [5.74, 6) is -0.116. The van der Waals surface area contributed by atoms with Gasteiger partial charge in [-0.05, 0) is 80.9 Å². The zero-order chi connectivity index (χ0) is 36.7. The third kappa shape index (κ3) is 9.36. The van der Waals surface area contributed by atoms with Crippen molar-refractivity contribution in [3.8, 4) is 0 Å². The van der Waals surface area contributed by atoms with Crippen molar-refractivity contribution in [2.75, 3.05) is 43.8 Å². The first-order chi connectivity index (χ1) is 24.4. The molecule has 3 N–H and O–H groups in total. The second-order valence-electron chi connectivity index (χ2n) is 13.4. The number of anilines is 2. The average Bonchev–Trinajstić information content (AvgIpc) is 3.22. The minimum absolute atomic E-state index is 0.0185. The molecule has 2 aromatic carbocycles. The number of aliphatic imine (C=N–C) groups is 1. The van der Waals surface area contributed by atoms with E-state index in [0.29, 0.717) is 62.7 Å². The van der Waals surface area contributed by atoms with Gasteiger partial charge in [0.05, 0.1) is 22.8 Å². The third-order valence-electron chi connectivity index (χ3n) is 10.0. The van der Waals surface area contributed by atoms with Crippen LogP contribution in [0.25, 0.3) is 0 Å². The van der Waals surface area contributed by atoms with Gasteiger partial charge in [-0.2, -0.15) is 13.2 Å². The van der Waals surface area contributed by atoms with Crippen molar-refractivity contribution >= 4 is 40.7 Å². The summed E-state index contributed by atoms with van der Waals surface area (Å²) >= 11 is 6.25. The van der Waals surface area contributed by atoms with Crippen LogP contribution < -0.4 is 11.1 Å². The fraction of sp³-hybridized carbons (Fsp3) is 0.462. The lowest BCUT2D eigenvalue weighted by Gasteiger charge is -2.38. The number of carbonyl (C=O) groups excluding carboxylic acids is 2. The molecule has 1 atom stereocenters. The molecular weight excluding hydrogens is 677 g/mol. The Morgan fingerprint density at radius 2 is 1.88 bits per heavy atom. The van der Waals surface area contributed by atoms with E-state index in [2.05, 4.69) is 24.9 Å². The molecule has 3 amide bonds. The maximum absolute atomic E-state index is 14.1. The highest BCUT2D eigenvalue weighted by molar-refractivity contribution is 6.33. The average molecular weight is 725 g/mol. The van der Waals surface area contributed by atoms with E-state index < -0.39 is 23.3 Å². The van der Waals surface area contributed by atoms with Crippen LogP contribution in [0.3, 0.4) is 0 Å². The van der Waals surface area contributed by atoms with Crippen molar-refractivity contribution in [3.05, 3.63) is 94.2 Å². The van der Waals surface area contributed by atoms with Crippen LogP contribution in [-0.2, 0) is 23.8 Å². The number of hydrogen-bond donors (Lipinski definition) is 2. The number of likely N-dealkylation sites (tertiary alicyclic amines) is 1. The molecule has 0 aliphatic carbocycles. The number of nitrogens with two attached hydrogens (primary N) is 1. The zero-order valence-electron chi connectivity index (χ0n) is 29.4. The van der Waals surface area contributed by atoms with Crippen LogP contribution in [0.1, 0.15) is 69.1 Å².